The van der Waals surface area contributed by atoms with Crippen LogP contribution < -0.4 is 9.47 Å². The van der Waals surface area contributed by atoms with Gasteiger partial charge in [-0.15, -0.1) is 0 Å². The summed E-state index contributed by atoms with van der Waals surface area (Å²) in [6.07, 6.45) is 5.40. The molecule has 4 heteroatoms. The number of ketones is 1. The Kier molecular flexibility index (Phi) is 6.08. The number of allylic oxidation sites excluding steroid dienone is 1. The number of hydrogen-bond acceptors (Lipinski definition) is 4. The molecular weight excluding hydrogens is 328 g/mol. The molecule has 4 nitrogen and oxygen atoms in total. The summed E-state index contributed by atoms with van der Waals surface area (Å²) in [7, 11) is 1.72. The number of rotatable bonds is 8. The van der Waals surface area contributed by atoms with E-state index < -0.39 is 0 Å². The fourth-order valence-corrected chi connectivity index (χ4v) is 3.15. The van der Waals surface area contributed by atoms with Crippen LogP contribution in [0.3, 0.4) is 0 Å². The van der Waals surface area contributed by atoms with Crippen molar-refractivity contribution in [1.29, 1.82) is 0 Å². The van der Waals surface area contributed by atoms with Gasteiger partial charge in [0.05, 0.1) is 6.10 Å². The van der Waals surface area contributed by atoms with E-state index in [4.69, 9.17) is 14.2 Å². The molecule has 0 aromatic heterocycles. The normalized spacial score (nSPS) is 15.2. The average molecular weight is 352 g/mol. The lowest BCUT2D eigenvalue weighted by Gasteiger charge is -2.15. The Labute approximate surface area is 154 Å². The van der Waals surface area contributed by atoms with Crippen LogP contribution in [-0.2, 0) is 9.53 Å². The molecule has 1 aliphatic heterocycles. The van der Waals surface area contributed by atoms with E-state index in [1.165, 1.54) is 0 Å². The molecule has 0 saturated carbocycles. The molecule has 0 saturated heterocycles. The second kappa shape index (κ2) is 8.68. The molecule has 2 atom stereocenters. The van der Waals surface area contributed by atoms with E-state index in [0.717, 1.165) is 29.0 Å². The molecule has 2 aromatic rings. The summed E-state index contributed by atoms with van der Waals surface area (Å²) in [6.45, 7) is 1.87. The largest absolute Gasteiger partial charge is 0.454 e. The molecule has 0 radical (unpaired) electrons. The highest BCUT2D eigenvalue weighted by Gasteiger charge is 2.18. The number of fused-ring (bicyclic) bond motifs is 1. The van der Waals surface area contributed by atoms with Gasteiger partial charge in [-0.25, -0.2) is 0 Å². The third kappa shape index (κ3) is 4.52. The lowest BCUT2D eigenvalue weighted by Crippen LogP contribution is -2.03. The first-order chi connectivity index (χ1) is 12.7. The highest BCUT2D eigenvalue weighted by Crippen LogP contribution is 2.36. The average Bonchev–Trinajstić information content (AvgIpc) is 3.12. The van der Waals surface area contributed by atoms with Gasteiger partial charge in [0.1, 0.15) is 5.78 Å². The van der Waals surface area contributed by atoms with E-state index in [-0.39, 0.29) is 24.6 Å². The van der Waals surface area contributed by atoms with Crippen LogP contribution in [0.25, 0.3) is 0 Å². The fraction of sp³-hybridized carbons (Fsp3) is 0.318. The number of Topliss-reactive ketones (excluding diaryl/α,β-unsaturated/α-hetero) is 1. The predicted molar refractivity (Wildman–Crippen MR) is 101 cm³/mol. The Morgan fingerprint density at radius 3 is 2.62 bits per heavy atom. The maximum absolute atomic E-state index is 11.7. The monoisotopic (exact) mass is 352 g/mol. The van der Waals surface area contributed by atoms with Crippen LogP contribution in [0.1, 0.15) is 42.9 Å². The van der Waals surface area contributed by atoms with Crippen molar-refractivity contribution in [3.05, 3.63) is 71.8 Å². The first-order valence-corrected chi connectivity index (χ1v) is 8.80. The van der Waals surface area contributed by atoms with Crippen LogP contribution in [-0.4, -0.2) is 19.7 Å². The van der Waals surface area contributed by atoms with Gasteiger partial charge >= 0.3 is 0 Å². The predicted octanol–water partition coefficient (Wildman–Crippen LogP) is 4.81. The van der Waals surface area contributed by atoms with Crippen molar-refractivity contribution in [1.82, 2.24) is 0 Å². The Hall–Kier alpha value is -2.59. The Bertz CT molecular complexity index is 767. The van der Waals surface area contributed by atoms with Crippen molar-refractivity contribution in [2.75, 3.05) is 13.9 Å². The van der Waals surface area contributed by atoms with Crippen LogP contribution in [0.5, 0.6) is 11.5 Å². The number of carbonyl (C=O) groups is 1. The van der Waals surface area contributed by atoms with Gasteiger partial charge in [-0.3, -0.25) is 4.79 Å². The summed E-state index contributed by atoms with van der Waals surface area (Å²) in [5.74, 6) is 1.66. The zero-order chi connectivity index (χ0) is 18.4. The standard InChI is InChI=1S/C22H24O4/c1-16(23)13-18(19-11-12-21-22(14-19)26-15-25-21)9-6-10-20(24-2)17-7-4-3-5-8-17/h3-9,11-12,14,18,20H,10,13,15H2,1-2H3/b9-6+/t18-,20-/m1/s1. The van der Waals surface area contributed by atoms with Gasteiger partial charge in [-0.2, -0.15) is 0 Å². The third-order valence-electron chi connectivity index (χ3n) is 4.51. The van der Waals surface area contributed by atoms with Gasteiger partial charge in [0.2, 0.25) is 6.79 Å². The van der Waals surface area contributed by atoms with Crippen LogP contribution >= 0.6 is 0 Å². The van der Waals surface area contributed by atoms with E-state index in [1.54, 1.807) is 14.0 Å². The van der Waals surface area contributed by atoms with Crippen LogP contribution in [0, 0.1) is 0 Å². The molecule has 0 N–H and O–H groups in total. The van der Waals surface area contributed by atoms with Crippen molar-refractivity contribution in [2.24, 2.45) is 0 Å². The van der Waals surface area contributed by atoms with E-state index in [2.05, 4.69) is 24.3 Å². The minimum atomic E-state index is 0.00202. The van der Waals surface area contributed by atoms with Gasteiger partial charge in [-0.05, 0) is 36.6 Å². The van der Waals surface area contributed by atoms with Crippen molar-refractivity contribution in [3.8, 4) is 11.5 Å². The van der Waals surface area contributed by atoms with Gasteiger partial charge in [0.25, 0.3) is 0 Å². The van der Waals surface area contributed by atoms with Crippen LogP contribution in [0.2, 0.25) is 0 Å². The fourth-order valence-electron chi connectivity index (χ4n) is 3.15. The van der Waals surface area contributed by atoms with E-state index in [1.807, 2.05) is 36.4 Å². The molecule has 0 unspecified atom stereocenters. The minimum Gasteiger partial charge on any atom is -0.454 e. The molecule has 0 fully saturated rings. The molecule has 3 rings (SSSR count). The van der Waals surface area contributed by atoms with Gasteiger partial charge in [0.15, 0.2) is 11.5 Å². The van der Waals surface area contributed by atoms with Crippen molar-refractivity contribution in [3.63, 3.8) is 0 Å². The zero-order valence-corrected chi connectivity index (χ0v) is 15.2. The second-order valence-electron chi connectivity index (χ2n) is 6.42. The highest BCUT2D eigenvalue weighted by atomic mass is 16.7. The lowest BCUT2D eigenvalue weighted by atomic mass is 9.92. The molecule has 0 aliphatic carbocycles. The smallest absolute Gasteiger partial charge is 0.231 e. The molecule has 0 bridgehead atoms. The van der Waals surface area contributed by atoms with Crippen molar-refractivity contribution in [2.45, 2.75) is 31.8 Å². The SMILES string of the molecule is CO[C@H](C/C=C/[C@H](CC(C)=O)c1ccc2c(c1)OCO2)c1ccccc1. The highest BCUT2D eigenvalue weighted by molar-refractivity contribution is 5.76. The molecule has 136 valence electrons. The maximum Gasteiger partial charge on any atom is 0.231 e. The Morgan fingerprint density at radius 1 is 1.12 bits per heavy atom. The summed E-state index contributed by atoms with van der Waals surface area (Å²) in [4.78, 5) is 11.7. The maximum atomic E-state index is 11.7. The number of carbonyl (C=O) groups excluding carboxylic acids is 1. The second-order valence-corrected chi connectivity index (χ2v) is 6.42. The van der Waals surface area contributed by atoms with Crippen LogP contribution in [0.4, 0.5) is 0 Å². The number of hydrogen-bond donors (Lipinski definition) is 0. The molecule has 2 aromatic carbocycles. The van der Waals surface area contributed by atoms with Crippen molar-refractivity contribution >= 4 is 5.78 Å². The summed E-state index contributed by atoms with van der Waals surface area (Å²) in [5.41, 5.74) is 2.19. The topological polar surface area (TPSA) is 44.8 Å². The zero-order valence-electron chi connectivity index (χ0n) is 15.2. The summed E-state index contributed by atoms with van der Waals surface area (Å²) >= 11 is 0. The molecule has 1 heterocycles. The number of ether oxygens (including phenoxy) is 3. The van der Waals surface area contributed by atoms with E-state index in [0.29, 0.717) is 6.42 Å². The summed E-state index contributed by atoms with van der Waals surface area (Å²) in [6, 6.07) is 16.0. The molecule has 0 amide bonds. The summed E-state index contributed by atoms with van der Waals surface area (Å²) < 4.78 is 16.4. The minimum absolute atomic E-state index is 0.00202. The lowest BCUT2D eigenvalue weighted by molar-refractivity contribution is -0.117. The van der Waals surface area contributed by atoms with Gasteiger partial charge in [0, 0.05) is 19.4 Å². The molecular formula is C22H24O4. The molecule has 0 spiro atoms. The van der Waals surface area contributed by atoms with E-state index >= 15 is 0 Å². The van der Waals surface area contributed by atoms with Gasteiger partial charge < -0.3 is 14.2 Å². The molecule has 26 heavy (non-hydrogen) atoms. The Balaban J connectivity index is 1.73. The summed E-state index contributed by atoms with van der Waals surface area (Å²) in [5, 5.41) is 0. The van der Waals surface area contributed by atoms with Crippen LogP contribution in [0.15, 0.2) is 60.7 Å². The quantitative estimate of drug-likeness (QED) is 0.640. The van der Waals surface area contributed by atoms with E-state index in [9.17, 15) is 4.79 Å². The first-order valence-electron chi connectivity index (χ1n) is 8.80. The van der Waals surface area contributed by atoms with Crippen molar-refractivity contribution < 1.29 is 19.0 Å². The Morgan fingerprint density at radius 2 is 1.88 bits per heavy atom. The third-order valence-corrected chi connectivity index (χ3v) is 4.51. The number of methoxy groups -OCH3 is 1. The molecule has 1 aliphatic rings. The van der Waals surface area contributed by atoms with Gasteiger partial charge in [-0.1, -0.05) is 48.6 Å². The number of benzene rings is 2. The first kappa shape index (κ1) is 18.2.